The minimum Gasteiger partial charge on any atom is -0.481 e. The van der Waals surface area contributed by atoms with Gasteiger partial charge in [-0.15, -0.1) is 0 Å². The smallest absolute Gasteiger partial charge is 0.410 e. The molecule has 3 atom stereocenters. The van der Waals surface area contributed by atoms with Gasteiger partial charge in [-0.25, -0.2) is 14.8 Å². The van der Waals surface area contributed by atoms with Gasteiger partial charge in [0.25, 0.3) is 0 Å². The lowest BCUT2D eigenvalue weighted by Gasteiger charge is -2.37. The lowest BCUT2D eigenvalue weighted by Crippen LogP contribution is -2.50. The molecule has 1 unspecified atom stereocenters. The van der Waals surface area contributed by atoms with Crippen LogP contribution in [0.4, 0.5) is 21.9 Å². The highest BCUT2D eigenvalue weighted by Crippen LogP contribution is 2.41. The van der Waals surface area contributed by atoms with Gasteiger partial charge >= 0.3 is 18.1 Å². The van der Waals surface area contributed by atoms with Crippen molar-refractivity contribution in [2.75, 3.05) is 29.9 Å². The summed E-state index contributed by atoms with van der Waals surface area (Å²) in [5, 5.41) is 12.8. The first-order valence-corrected chi connectivity index (χ1v) is 12.9. The zero-order valence-electron chi connectivity index (χ0n) is 22.2. The number of piperazine rings is 1. The van der Waals surface area contributed by atoms with E-state index in [1.807, 2.05) is 51.7 Å². The fourth-order valence-electron chi connectivity index (χ4n) is 5.11. The van der Waals surface area contributed by atoms with Crippen molar-refractivity contribution < 1.29 is 24.2 Å². The Bertz CT molecular complexity index is 1120. The van der Waals surface area contributed by atoms with Crippen LogP contribution in [0.3, 0.4) is 0 Å². The van der Waals surface area contributed by atoms with Crippen LogP contribution in [0.25, 0.3) is 0 Å². The second kappa shape index (κ2) is 10.8. The largest absolute Gasteiger partial charge is 0.481 e. The van der Waals surface area contributed by atoms with Gasteiger partial charge in [-0.05, 0) is 64.2 Å². The maximum absolute atomic E-state index is 12.7. The van der Waals surface area contributed by atoms with Gasteiger partial charge in [-0.2, -0.15) is 0 Å². The number of carboxylic acid groups (broad SMARTS) is 1. The van der Waals surface area contributed by atoms with Gasteiger partial charge in [0, 0.05) is 19.1 Å². The molecular formula is C27H37N5O5. The number of carbonyl (C=O) groups is 2. The van der Waals surface area contributed by atoms with Crippen molar-refractivity contribution in [2.45, 2.75) is 77.5 Å². The number of likely N-dealkylation sites (tertiary alicyclic amines) is 1. The van der Waals surface area contributed by atoms with Crippen LogP contribution in [-0.2, 0) is 9.53 Å². The third-order valence-corrected chi connectivity index (χ3v) is 6.76. The number of carboxylic acids is 1. The number of nitrogens with zero attached hydrogens (tertiary/aromatic N) is 4. The monoisotopic (exact) mass is 511 g/mol. The lowest BCUT2D eigenvalue weighted by molar-refractivity contribution is -0.137. The van der Waals surface area contributed by atoms with Gasteiger partial charge in [0.2, 0.25) is 0 Å². The molecule has 0 spiro atoms. The Balaban J connectivity index is 1.59. The summed E-state index contributed by atoms with van der Waals surface area (Å²) >= 11 is 0. The Morgan fingerprint density at radius 2 is 1.89 bits per heavy atom. The van der Waals surface area contributed by atoms with E-state index in [1.165, 1.54) is 0 Å². The van der Waals surface area contributed by atoms with Crippen LogP contribution >= 0.6 is 0 Å². The average Bonchev–Trinajstić information content (AvgIpc) is 3.44. The van der Waals surface area contributed by atoms with Crippen LogP contribution in [0.15, 0.2) is 30.6 Å². The molecular weight excluding hydrogens is 474 g/mol. The SMILES string of the molecule is CCOc1ncc(Nc2cc(C(CC)CC(=O)O)ccc2N2C[C@@H]3C[C@H]2CN3C(=O)OC(C)(C)C)cn1. The van der Waals surface area contributed by atoms with Gasteiger partial charge < -0.3 is 29.7 Å². The molecule has 10 heteroatoms. The van der Waals surface area contributed by atoms with Crippen molar-refractivity contribution in [3.63, 3.8) is 0 Å². The molecule has 4 rings (SSSR count). The van der Waals surface area contributed by atoms with Crippen molar-refractivity contribution in [1.29, 1.82) is 0 Å². The molecule has 1 aromatic heterocycles. The molecule has 2 fully saturated rings. The summed E-state index contributed by atoms with van der Waals surface area (Å²) in [5.41, 5.74) is 2.98. The minimum absolute atomic E-state index is 0.0702. The number of aliphatic carboxylic acids is 1. The van der Waals surface area contributed by atoms with Gasteiger partial charge in [-0.3, -0.25) is 4.79 Å². The first kappa shape index (κ1) is 26.5. The van der Waals surface area contributed by atoms with E-state index in [4.69, 9.17) is 9.47 Å². The summed E-state index contributed by atoms with van der Waals surface area (Å²) in [4.78, 5) is 36.8. The summed E-state index contributed by atoms with van der Waals surface area (Å²) in [5.74, 6) is -0.911. The van der Waals surface area contributed by atoms with Crippen LogP contribution in [-0.4, -0.2) is 69.4 Å². The van der Waals surface area contributed by atoms with Crippen LogP contribution in [0, 0.1) is 0 Å². The van der Waals surface area contributed by atoms with Gasteiger partial charge in [-0.1, -0.05) is 13.0 Å². The third kappa shape index (κ3) is 6.23. The Kier molecular flexibility index (Phi) is 7.75. The molecule has 10 nitrogen and oxygen atoms in total. The Morgan fingerprint density at radius 3 is 2.46 bits per heavy atom. The normalized spacial score (nSPS) is 19.6. The molecule has 2 aliphatic rings. The Hall–Kier alpha value is -3.56. The van der Waals surface area contributed by atoms with Gasteiger partial charge in [0.15, 0.2) is 0 Å². The maximum atomic E-state index is 12.7. The van der Waals surface area contributed by atoms with Crippen molar-refractivity contribution in [3.05, 3.63) is 36.2 Å². The van der Waals surface area contributed by atoms with E-state index in [0.29, 0.717) is 31.4 Å². The number of nitrogens with one attached hydrogen (secondary N) is 1. The standard InChI is InChI=1S/C27H37N5O5/c1-6-17(11-24(33)34)18-8-9-23(22(10-18)30-19-13-28-25(29-14-19)36-7-2)31-15-21-12-20(31)16-32(21)26(35)37-27(3,4)5/h8-10,13-14,17,20-21,30H,6-7,11-12,15-16H2,1-5H3,(H,33,34)/t17?,20-,21-/m0/s1. The number of anilines is 3. The van der Waals surface area contributed by atoms with E-state index in [9.17, 15) is 14.7 Å². The van der Waals surface area contributed by atoms with Crippen LogP contribution in [0.2, 0.25) is 0 Å². The second-order valence-electron chi connectivity index (χ2n) is 10.6. The van der Waals surface area contributed by atoms with Crippen LogP contribution in [0.5, 0.6) is 6.01 Å². The maximum Gasteiger partial charge on any atom is 0.410 e. The molecule has 2 saturated heterocycles. The van der Waals surface area contributed by atoms with E-state index >= 15 is 0 Å². The van der Waals surface area contributed by atoms with Crippen molar-refractivity contribution >= 4 is 29.1 Å². The molecule has 2 aliphatic heterocycles. The molecule has 37 heavy (non-hydrogen) atoms. The quantitative estimate of drug-likeness (QED) is 0.490. The molecule has 200 valence electrons. The van der Waals surface area contributed by atoms with Crippen molar-refractivity contribution in [3.8, 4) is 6.01 Å². The number of carbonyl (C=O) groups excluding carboxylic acids is 1. The predicted octanol–water partition coefficient (Wildman–Crippen LogP) is 4.79. The third-order valence-electron chi connectivity index (χ3n) is 6.76. The number of hydrogen-bond acceptors (Lipinski definition) is 8. The predicted molar refractivity (Wildman–Crippen MR) is 141 cm³/mol. The highest BCUT2D eigenvalue weighted by Gasteiger charge is 2.47. The highest BCUT2D eigenvalue weighted by atomic mass is 16.6. The van der Waals surface area contributed by atoms with Crippen LogP contribution in [0.1, 0.15) is 65.4 Å². The number of aromatic nitrogens is 2. The Morgan fingerprint density at radius 1 is 1.16 bits per heavy atom. The fourth-order valence-corrected chi connectivity index (χ4v) is 5.11. The lowest BCUT2D eigenvalue weighted by atomic mass is 9.92. The topological polar surface area (TPSA) is 117 Å². The summed E-state index contributed by atoms with van der Waals surface area (Å²) in [6.07, 6.45) is 4.74. The molecule has 2 N–H and O–H groups in total. The molecule has 1 amide bonds. The van der Waals surface area contributed by atoms with Crippen molar-refractivity contribution in [2.24, 2.45) is 0 Å². The average molecular weight is 512 g/mol. The van der Waals surface area contributed by atoms with E-state index in [-0.39, 0.29) is 30.5 Å². The fraction of sp³-hybridized carbons (Fsp3) is 0.556. The molecule has 0 aliphatic carbocycles. The van der Waals surface area contributed by atoms with Gasteiger partial charge in [0.1, 0.15) is 5.60 Å². The number of rotatable bonds is 9. The number of benzene rings is 1. The molecule has 0 saturated carbocycles. The number of ether oxygens (including phenoxy) is 2. The minimum atomic E-state index is -0.815. The number of fused-ring (bicyclic) bond motifs is 2. The molecule has 2 aromatic rings. The number of amides is 1. The number of hydrogen-bond donors (Lipinski definition) is 2. The zero-order chi connectivity index (χ0) is 26.7. The molecule has 3 heterocycles. The van der Waals surface area contributed by atoms with E-state index in [1.54, 1.807) is 12.4 Å². The van der Waals surface area contributed by atoms with Crippen LogP contribution < -0.4 is 15.0 Å². The summed E-state index contributed by atoms with van der Waals surface area (Å²) < 4.78 is 11.0. The summed E-state index contributed by atoms with van der Waals surface area (Å²) in [6, 6.07) is 6.66. The molecule has 2 bridgehead atoms. The van der Waals surface area contributed by atoms with Gasteiger partial charge in [0.05, 0.1) is 48.5 Å². The van der Waals surface area contributed by atoms with E-state index in [2.05, 4.69) is 26.3 Å². The first-order valence-electron chi connectivity index (χ1n) is 12.9. The highest BCUT2D eigenvalue weighted by molar-refractivity contribution is 5.78. The van der Waals surface area contributed by atoms with E-state index in [0.717, 1.165) is 29.8 Å². The first-order chi connectivity index (χ1) is 17.6. The Labute approximate surface area is 218 Å². The zero-order valence-corrected chi connectivity index (χ0v) is 22.2. The van der Waals surface area contributed by atoms with Crippen molar-refractivity contribution in [1.82, 2.24) is 14.9 Å². The molecule has 0 radical (unpaired) electrons. The van der Waals surface area contributed by atoms with E-state index < -0.39 is 11.6 Å². The molecule has 1 aromatic carbocycles. The summed E-state index contributed by atoms with van der Waals surface area (Å²) in [7, 11) is 0. The second-order valence-corrected chi connectivity index (χ2v) is 10.6. The summed E-state index contributed by atoms with van der Waals surface area (Å²) in [6.45, 7) is 11.3.